The van der Waals surface area contributed by atoms with Crippen molar-refractivity contribution in [2.75, 3.05) is 13.2 Å². The molecule has 0 radical (unpaired) electrons. The molecule has 1 fully saturated rings. The van der Waals surface area contributed by atoms with Gasteiger partial charge in [0.15, 0.2) is 24.6 Å². The van der Waals surface area contributed by atoms with Crippen LogP contribution in [0.15, 0.2) is 0 Å². The number of halogens is 13. The Morgan fingerprint density at radius 2 is 1.02 bits per heavy atom. The molecule has 1 aliphatic rings. The van der Waals surface area contributed by atoms with Gasteiger partial charge in [-0.15, -0.1) is 0 Å². The van der Waals surface area contributed by atoms with E-state index in [1.54, 1.807) is 0 Å². The smallest absolute Gasteiger partial charge is 0.460 e. The Balaban J connectivity index is 3.29. The van der Waals surface area contributed by atoms with Crippen LogP contribution in [0.5, 0.6) is 0 Å². The summed E-state index contributed by atoms with van der Waals surface area (Å²) >= 11 is 0. The van der Waals surface area contributed by atoms with Crippen LogP contribution >= 0.6 is 0 Å². The van der Waals surface area contributed by atoms with Crippen LogP contribution < -0.4 is 0 Å². The van der Waals surface area contributed by atoms with E-state index in [1.165, 1.54) is 0 Å². The Bertz CT molecular complexity index is 1110. The molecule has 0 aromatic heterocycles. The minimum atomic E-state index is -8.06. The van der Waals surface area contributed by atoms with Crippen LogP contribution in [0.1, 0.15) is 40.5 Å². The highest BCUT2D eigenvalue weighted by molar-refractivity contribution is 5.68. The highest BCUT2D eigenvalue weighted by Crippen LogP contribution is 2.60. The third kappa shape index (κ3) is 8.62. The lowest BCUT2D eigenvalue weighted by atomic mass is 9.92. The van der Waals surface area contributed by atoms with Crippen molar-refractivity contribution in [1.29, 1.82) is 0 Å². The number of carbonyl (C=O) groups is 4. The van der Waals surface area contributed by atoms with Crippen LogP contribution in [-0.4, -0.2) is 104 Å². The van der Waals surface area contributed by atoms with Gasteiger partial charge in [0.2, 0.25) is 0 Å². The highest BCUT2D eigenvalue weighted by Gasteiger charge is 2.90. The second kappa shape index (κ2) is 14.3. The van der Waals surface area contributed by atoms with Crippen LogP contribution in [-0.2, 0) is 47.6 Å². The quantitative estimate of drug-likeness (QED) is 0.110. The molecule has 0 spiro atoms. The van der Waals surface area contributed by atoms with Gasteiger partial charge in [0.25, 0.3) is 0 Å². The molecule has 5 atom stereocenters. The molecule has 46 heavy (non-hydrogen) atoms. The molecule has 1 saturated heterocycles. The van der Waals surface area contributed by atoms with Gasteiger partial charge in [-0.25, -0.2) is 0 Å². The van der Waals surface area contributed by atoms with Crippen molar-refractivity contribution in [1.82, 2.24) is 0 Å². The summed E-state index contributed by atoms with van der Waals surface area (Å²) in [5, 5.41) is 0. The fraction of sp³-hybridized carbons (Fsp3) is 0.826. The zero-order valence-corrected chi connectivity index (χ0v) is 23.7. The molecule has 0 amide bonds. The van der Waals surface area contributed by atoms with Crippen molar-refractivity contribution in [3.8, 4) is 0 Å². The maximum Gasteiger partial charge on any atom is 0.460 e. The monoisotopic (exact) mass is 708 g/mol. The second-order valence-electron chi connectivity index (χ2n) is 9.54. The second-order valence-corrected chi connectivity index (χ2v) is 9.54. The van der Waals surface area contributed by atoms with E-state index in [0.29, 0.717) is 0 Å². The summed E-state index contributed by atoms with van der Waals surface area (Å²) in [6, 6.07) is 0. The summed E-state index contributed by atoms with van der Waals surface area (Å²) in [5.41, 5.74) is 0. The highest BCUT2D eigenvalue weighted by atomic mass is 19.4. The molecule has 268 valence electrons. The van der Waals surface area contributed by atoms with Gasteiger partial charge in [-0.1, -0.05) is 0 Å². The SMILES string of the molecule is CC(=O)OC[C@H]1O[C@@H](OCCCC(F)(F)C(F)(F)C(F)(F)C(F)(F)C(F)(F)C(F)(F)F)[C@H](OC(C)=O)[C@@H](OC(C)=O)[C@@H]1OC(C)=O. The fourth-order valence-corrected chi connectivity index (χ4v) is 3.78. The van der Waals surface area contributed by atoms with E-state index in [9.17, 15) is 76.3 Å². The van der Waals surface area contributed by atoms with Gasteiger partial charge in [0, 0.05) is 34.1 Å². The third-order valence-corrected chi connectivity index (χ3v) is 5.86. The molecular weight excluding hydrogens is 683 g/mol. The minimum Gasteiger partial charge on any atom is -0.463 e. The van der Waals surface area contributed by atoms with E-state index in [-0.39, 0.29) is 0 Å². The van der Waals surface area contributed by atoms with E-state index in [2.05, 4.69) is 0 Å². The Labute approximate surface area is 249 Å². The van der Waals surface area contributed by atoms with E-state index in [4.69, 9.17) is 28.4 Å². The average molecular weight is 708 g/mol. The van der Waals surface area contributed by atoms with Gasteiger partial charge < -0.3 is 28.4 Å². The largest absolute Gasteiger partial charge is 0.463 e. The van der Waals surface area contributed by atoms with E-state index in [1.807, 2.05) is 0 Å². The van der Waals surface area contributed by atoms with Gasteiger partial charge in [0.1, 0.15) is 12.7 Å². The standard InChI is InChI=1S/C23H25F13O10/c1-9(37)42-8-13-14(43-10(2)38)15(44-11(3)39)16(45-12(4)40)17(46-13)41-7-5-6-18(24,25)19(26,27)20(28,29)21(30,31)22(32,33)23(34,35)36/h13-17H,5-8H2,1-4H3/t13-,14-,15+,16-,17-/m1/s1. The Morgan fingerprint density at radius 3 is 1.46 bits per heavy atom. The number of hydrogen-bond acceptors (Lipinski definition) is 10. The lowest BCUT2D eigenvalue weighted by molar-refractivity contribution is -0.440. The van der Waals surface area contributed by atoms with Crippen LogP contribution in [0.2, 0.25) is 0 Å². The number of hydrogen-bond donors (Lipinski definition) is 0. The van der Waals surface area contributed by atoms with Crippen molar-refractivity contribution < 1.29 is 105 Å². The molecule has 0 saturated carbocycles. The molecular formula is C23H25F13O10. The molecule has 1 heterocycles. The summed E-state index contributed by atoms with van der Waals surface area (Å²) in [5.74, 6) is -42.1. The summed E-state index contributed by atoms with van der Waals surface area (Å²) < 4.78 is 203. The molecule has 0 aromatic carbocycles. The number of alkyl halides is 13. The van der Waals surface area contributed by atoms with Crippen molar-refractivity contribution in [3.05, 3.63) is 0 Å². The van der Waals surface area contributed by atoms with Crippen molar-refractivity contribution in [3.63, 3.8) is 0 Å². The molecule has 1 aliphatic heterocycles. The minimum absolute atomic E-state index is 0.772. The molecule has 0 bridgehead atoms. The lowest BCUT2D eigenvalue weighted by Crippen LogP contribution is -2.70. The molecule has 10 nitrogen and oxygen atoms in total. The predicted molar refractivity (Wildman–Crippen MR) is 118 cm³/mol. The van der Waals surface area contributed by atoms with E-state index in [0.717, 1.165) is 27.7 Å². The van der Waals surface area contributed by atoms with Gasteiger partial charge in [0.05, 0.1) is 6.61 Å². The lowest BCUT2D eigenvalue weighted by Gasteiger charge is -2.44. The third-order valence-electron chi connectivity index (χ3n) is 5.86. The van der Waals surface area contributed by atoms with Crippen LogP contribution in [0.3, 0.4) is 0 Å². The first-order valence-electron chi connectivity index (χ1n) is 12.4. The summed E-state index contributed by atoms with van der Waals surface area (Å²) in [6.45, 7) is 1.20. The normalized spacial score (nSPS) is 23.4. The molecule has 0 N–H and O–H groups in total. The maximum absolute atomic E-state index is 14.1. The Morgan fingerprint density at radius 1 is 0.587 bits per heavy atom. The average Bonchev–Trinajstić information content (AvgIpc) is 2.86. The molecule has 0 aliphatic carbocycles. The van der Waals surface area contributed by atoms with Crippen LogP contribution in [0.25, 0.3) is 0 Å². The number of esters is 4. The van der Waals surface area contributed by atoms with Crippen molar-refractivity contribution in [2.45, 2.75) is 107 Å². The molecule has 0 unspecified atom stereocenters. The van der Waals surface area contributed by atoms with Crippen molar-refractivity contribution >= 4 is 23.9 Å². The zero-order valence-electron chi connectivity index (χ0n) is 23.7. The van der Waals surface area contributed by atoms with Crippen molar-refractivity contribution in [2.24, 2.45) is 0 Å². The number of ether oxygens (including phenoxy) is 6. The summed E-state index contributed by atoms with van der Waals surface area (Å²) in [7, 11) is 0. The van der Waals surface area contributed by atoms with E-state index < -0.39 is 116 Å². The van der Waals surface area contributed by atoms with Gasteiger partial charge in [-0.05, 0) is 6.42 Å². The first-order valence-corrected chi connectivity index (χ1v) is 12.4. The topological polar surface area (TPSA) is 124 Å². The predicted octanol–water partition coefficient (Wildman–Crippen LogP) is 4.61. The number of carbonyl (C=O) groups excluding carboxylic acids is 4. The molecule has 23 heteroatoms. The Hall–Kier alpha value is -3.11. The van der Waals surface area contributed by atoms with E-state index >= 15 is 0 Å². The molecule has 1 rings (SSSR count). The van der Waals surface area contributed by atoms with Gasteiger partial charge in [-0.3, -0.25) is 19.2 Å². The van der Waals surface area contributed by atoms with Gasteiger partial charge in [-0.2, -0.15) is 57.1 Å². The van der Waals surface area contributed by atoms with Gasteiger partial charge >= 0.3 is 59.7 Å². The zero-order chi connectivity index (χ0) is 36.3. The van der Waals surface area contributed by atoms with Crippen LogP contribution in [0.4, 0.5) is 57.1 Å². The maximum atomic E-state index is 14.1. The summed E-state index contributed by atoms with van der Waals surface area (Å²) in [6.07, 6.45) is -21.1. The molecule has 0 aromatic rings. The number of rotatable bonds is 14. The fourth-order valence-electron chi connectivity index (χ4n) is 3.78. The first-order chi connectivity index (χ1) is 20.5. The summed E-state index contributed by atoms with van der Waals surface area (Å²) in [4.78, 5) is 46.4. The van der Waals surface area contributed by atoms with Crippen LogP contribution in [0, 0.1) is 0 Å². The first kappa shape index (κ1) is 40.9. The Kier molecular flexibility index (Phi) is 12.8.